The van der Waals surface area contributed by atoms with Gasteiger partial charge >= 0.3 is 0 Å². The average molecular weight is 401 g/mol. The summed E-state index contributed by atoms with van der Waals surface area (Å²) in [5.74, 6) is 1.20. The fourth-order valence-corrected chi connectivity index (χ4v) is 4.46. The Labute approximate surface area is 175 Å². The normalized spacial score (nSPS) is 17.7. The molecule has 5 heteroatoms. The number of rotatable bonds is 5. The van der Waals surface area contributed by atoms with Crippen molar-refractivity contribution in [3.05, 3.63) is 89.0 Å². The Hall–Kier alpha value is -3.31. The molecule has 0 radical (unpaired) electrons. The standard InChI is InChI=1S/C25H23NO4/c1-28-22-12-11-18(26-24(27)20-9-5-6-10-21(20)25(26)29-2)15-23(22)30-19-13-16-7-3-4-8-17(16)14-19/h3-12,15,19,25H,13-14H2,1-2H3. The fourth-order valence-electron chi connectivity index (χ4n) is 4.46. The minimum atomic E-state index is -0.467. The molecular weight excluding hydrogens is 378 g/mol. The summed E-state index contributed by atoms with van der Waals surface area (Å²) in [5.41, 5.74) is 4.89. The third-order valence-electron chi connectivity index (χ3n) is 5.87. The fraction of sp³-hybridized carbons (Fsp3) is 0.240. The Morgan fingerprint density at radius 3 is 2.27 bits per heavy atom. The van der Waals surface area contributed by atoms with Crippen LogP contribution in [-0.2, 0) is 17.6 Å². The second-order valence-electron chi connectivity index (χ2n) is 7.60. The summed E-state index contributed by atoms with van der Waals surface area (Å²) in [6, 6.07) is 21.5. The zero-order chi connectivity index (χ0) is 20.7. The van der Waals surface area contributed by atoms with E-state index in [0.29, 0.717) is 17.1 Å². The zero-order valence-electron chi connectivity index (χ0n) is 17.0. The highest BCUT2D eigenvalue weighted by atomic mass is 16.5. The number of benzene rings is 3. The lowest BCUT2D eigenvalue weighted by atomic mass is 10.1. The first kappa shape index (κ1) is 18.7. The number of carbonyl (C=O) groups is 1. The summed E-state index contributed by atoms with van der Waals surface area (Å²) in [5, 5.41) is 0. The molecule has 1 heterocycles. The molecule has 0 N–H and O–H groups in total. The Balaban J connectivity index is 1.46. The zero-order valence-corrected chi connectivity index (χ0v) is 17.0. The number of hydrogen-bond acceptors (Lipinski definition) is 4. The number of hydrogen-bond donors (Lipinski definition) is 0. The third-order valence-corrected chi connectivity index (χ3v) is 5.87. The van der Waals surface area contributed by atoms with Crippen molar-refractivity contribution in [1.29, 1.82) is 0 Å². The van der Waals surface area contributed by atoms with E-state index in [9.17, 15) is 4.79 Å². The Morgan fingerprint density at radius 2 is 1.57 bits per heavy atom. The molecule has 1 aliphatic carbocycles. The number of nitrogens with zero attached hydrogens (tertiary/aromatic N) is 1. The topological polar surface area (TPSA) is 48.0 Å². The van der Waals surface area contributed by atoms with E-state index in [2.05, 4.69) is 24.3 Å². The second kappa shape index (κ2) is 7.50. The highest BCUT2D eigenvalue weighted by Crippen LogP contribution is 2.41. The Bertz CT molecular complexity index is 1080. The molecule has 0 bridgehead atoms. The second-order valence-corrected chi connectivity index (χ2v) is 7.60. The minimum absolute atomic E-state index is 0.0382. The van der Waals surface area contributed by atoms with Crippen molar-refractivity contribution < 1.29 is 19.0 Å². The molecule has 152 valence electrons. The Morgan fingerprint density at radius 1 is 0.867 bits per heavy atom. The first-order chi connectivity index (χ1) is 14.7. The monoisotopic (exact) mass is 401 g/mol. The molecule has 5 nitrogen and oxygen atoms in total. The molecule has 0 saturated heterocycles. The smallest absolute Gasteiger partial charge is 0.261 e. The van der Waals surface area contributed by atoms with E-state index < -0.39 is 6.23 Å². The van der Waals surface area contributed by atoms with Gasteiger partial charge in [0.15, 0.2) is 17.7 Å². The van der Waals surface area contributed by atoms with Gasteiger partial charge in [-0.1, -0.05) is 42.5 Å². The summed E-state index contributed by atoms with van der Waals surface area (Å²) in [6.45, 7) is 0. The lowest BCUT2D eigenvalue weighted by Crippen LogP contribution is -2.28. The molecule has 3 aromatic rings. The summed E-state index contributed by atoms with van der Waals surface area (Å²) >= 11 is 0. The van der Waals surface area contributed by atoms with Crippen LogP contribution in [0.1, 0.15) is 33.3 Å². The average Bonchev–Trinajstić information content (AvgIpc) is 3.31. The van der Waals surface area contributed by atoms with Gasteiger partial charge in [0.1, 0.15) is 6.10 Å². The van der Waals surface area contributed by atoms with Gasteiger partial charge in [-0.15, -0.1) is 0 Å². The Kier molecular flexibility index (Phi) is 4.68. The highest BCUT2D eigenvalue weighted by molar-refractivity contribution is 6.10. The molecule has 1 unspecified atom stereocenters. The van der Waals surface area contributed by atoms with Crippen molar-refractivity contribution >= 4 is 11.6 Å². The maximum atomic E-state index is 13.1. The maximum absolute atomic E-state index is 13.1. The lowest BCUT2D eigenvalue weighted by Gasteiger charge is -2.25. The van der Waals surface area contributed by atoms with Crippen LogP contribution in [0.3, 0.4) is 0 Å². The predicted octanol–water partition coefficient (Wildman–Crippen LogP) is 4.55. The van der Waals surface area contributed by atoms with Gasteiger partial charge in [-0.25, -0.2) is 0 Å². The van der Waals surface area contributed by atoms with Gasteiger partial charge in [0, 0.05) is 37.1 Å². The number of fused-ring (bicyclic) bond motifs is 2. The number of carbonyl (C=O) groups excluding carboxylic acids is 1. The maximum Gasteiger partial charge on any atom is 0.261 e. The van der Waals surface area contributed by atoms with Gasteiger partial charge in [-0.05, 0) is 29.3 Å². The van der Waals surface area contributed by atoms with Gasteiger partial charge in [-0.3, -0.25) is 9.69 Å². The van der Waals surface area contributed by atoms with Crippen LogP contribution < -0.4 is 14.4 Å². The van der Waals surface area contributed by atoms with Gasteiger partial charge < -0.3 is 14.2 Å². The molecular formula is C25H23NO4. The van der Waals surface area contributed by atoms with E-state index in [1.807, 2.05) is 42.5 Å². The van der Waals surface area contributed by atoms with Crippen LogP contribution >= 0.6 is 0 Å². The summed E-state index contributed by atoms with van der Waals surface area (Å²) in [6.07, 6.45) is 1.29. The van der Waals surface area contributed by atoms with Crippen LogP contribution in [0.25, 0.3) is 0 Å². The third kappa shape index (κ3) is 3.02. The summed E-state index contributed by atoms with van der Waals surface area (Å²) in [4.78, 5) is 14.8. The highest BCUT2D eigenvalue weighted by Gasteiger charge is 2.38. The van der Waals surface area contributed by atoms with Crippen molar-refractivity contribution in [3.8, 4) is 11.5 Å². The predicted molar refractivity (Wildman–Crippen MR) is 114 cm³/mol. The minimum Gasteiger partial charge on any atom is -0.493 e. The lowest BCUT2D eigenvalue weighted by molar-refractivity contribution is 0.0822. The van der Waals surface area contributed by atoms with E-state index >= 15 is 0 Å². The van der Waals surface area contributed by atoms with Crippen molar-refractivity contribution in [2.75, 3.05) is 19.1 Å². The van der Waals surface area contributed by atoms with Gasteiger partial charge in [0.2, 0.25) is 0 Å². The first-order valence-corrected chi connectivity index (χ1v) is 10.1. The molecule has 30 heavy (non-hydrogen) atoms. The summed E-state index contributed by atoms with van der Waals surface area (Å²) < 4.78 is 17.6. The van der Waals surface area contributed by atoms with Crippen molar-refractivity contribution in [2.24, 2.45) is 0 Å². The van der Waals surface area contributed by atoms with Gasteiger partial charge in [0.05, 0.1) is 12.8 Å². The molecule has 0 aromatic heterocycles. The molecule has 0 spiro atoms. The largest absolute Gasteiger partial charge is 0.493 e. The number of ether oxygens (including phenoxy) is 3. The number of amides is 1. The molecule has 0 saturated carbocycles. The number of anilines is 1. The van der Waals surface area contributed by atoms with Crippen molar-refractivity contribution in [1.82, 2.24) is 0 Å². The quantitative estimate of drug-likeness (QED) is 0.630. The van der Waals surface area contributed by atoms with Crippen LogP contribution in [0.5, 0.6) is 11.5 Å². The van der Waals surface area contributed by atoms with E-state index in [1.54, 1.807) is 19.1 Å². The van der Waals surface area contributed by atoms with E-state index in [4.69, 9.17) is 14.2 Å². The summed E-state index contributed by atoms with van der Waals surface area (Å²) in [7, 11) is 3.24. The molecule has 1 amide bonds. The van der Waals surface area contributed by atoms with Crippen LogP contribution in [0, 0.1) is 0 Å². The van der Waals surface area contributed by atoms with Crippen LogP contribution in [0.15, 0.2) is 66.7 Å². The number of methoxy groups -OCH3 is 2. The molecule has 3 aromatic carbocycles. The molecule has 1 atom stereocenters. The molecule has 1 aliphatic heterocycles. The van der Waals surface area contributed by atoms with Crippen LogP contribution in [-0.4, -0.2) is 26.2 Å². The van der Waals surface area contributed by atoms with Crippen molar-refractivity contribution in [3.63, 3.8) is 0 Å². The molecule has 2 aliphatic rings. The molecule has 0 fully saturated rings. The first-order valence-electron chi connectivity index (χ1n) is 10.1. The van der Waals surface area contributed by atoms with Crippen LogP contribution in [0.4, 0.5) is 5.69 Å². The van der Waals surface area contributed by atoms with Gasteiger partial charge in [-0.2, -0.15) is 0 Å². The van der Waals surface area contributed by atoms with Crippen molar-refractivity contribution in [2.45, 2.75) is 25.2 Å². The van der Waals surface area contributed by atoms with E-state index in [-0.39, 0.29) is 12.0 Å². The van der Waals surface area contributed by atoms with Crippen LogP contribution in [0.2, 0.25) is 0 Å². The van der Waals surface area contributed by atoms with E-state index in [0.717, 1.165) is 24.1 Å². The SMILES string of the molecule is COc1ccc(N2C(=O)c3ccccc3C2OC)cc1OC1Cc2ccccc2C1. The van der Waals surface area contributed by atoms with Gasteiger partial charge in [0.25, 0.3) is 5.91 Å². The van der Waals surface area contributed by atoms with E-state index in [1.165, 1.54) is 11.1 Å². The molecule has 5 rings (SSSR count).